The van der Waals surface area contributed by atoms with Crippen molar-refractivity contribution in [3.63, 3.8) is 0 Å². The van der Waals surface area contributed by atoms with Gasteiger partial charge >= 0.3 is 0 Å². The molecule has 0 saturated carbocycles. The van der Waals surface area contributed by atoms with Crippen molar-refractivity contribution < 1.29 is 14.3 Å². The standard InChI is InChI=1S/C25H27N3O3/c1-17-9-7-10-18(2)23(17)28-22(29)16-26-24(19-11-5-4-6-12-19)25(30)27-20-13-8-14-21(15-20)31-3/h4-15,24,26H,16H2,1-3H3,(H,27,30)(H,28,29)/t24-/m1/s1. The highest BCUT2D eigenvalue weighted by Crippen LogP contribution is 2.21. The molecule has 0 aromatic heterocycles. The third-order valence-corrected chi connectivity index (χ3v) is 4.94. The van der Waals surface area contributed by atoms with Crippen molar-refractivity contribution in [2.75, 3.05) is 24.3 Å². The number of hydrogen-bond acceptors (Lipinski definition) is 4. The molecule has 1 atom stereocenters. The van der Waals surface area contributed by atoms with E-state index in [1.807, 2.05) is 62.4 Å². The van der Waals surface area contributed by atoms with E-state index >= 15 is 0 Å². The van der Waals surface area contributed by atoms with E-state index in [-0.39, 0.29) is 18.4 Å². The topological polar surface area (TPSA) is 79.5 Å². The lowest BCUT2D eigenvalue weighted by Gasteiger charge is -2.19. The maximum Gasteiger partial charge on any atom is 0.246 e. The summed E-state index contributed by atoms with van der Waals surface area (Å²) in [6, 6.07) is 21.6. The van der Waals surface area contributed by atoms with Crippen LogP contribution in [0.5, 0.6) is 5.75 Å². The van der Waals surface area contributed by atoms with Gasteiger partial charge in [0.2, 0.25) is 11.8 Å². The van der Waals surface area contributed by atoms with Gasteiger partial charge in [0.05, 0.1) is 13.7 Å². The summed E-state index contributed by atoms with van der Waals surface area (Å²) >= 11 is 0. The number of ether oxygens (including phenoxy) is 1. The van der Waals surface area contributed by atoms with Gasteiger partial charge in [-0.2, -0.15) is 0 Å². The van der Waals surface area contributed by atoms with Crippen LogP contribution < -0.4 is 20.7 Å². The molecule has 6 heteroatoms. The Morgan fingerprint density at radius 3 is 2.23 bits per heavy atom. The lowest BCUT2D eigenvalue weighted by molar-refractivity contribution is -0.119. The van der Waals surface area contributed by atoms with Crippen molar-refractivity contribution in [2.24, 2.45) is 0 Å². The van der Waals surface area contributed by atoms with Gasteiger partial charge < -0.3 is 15.4 Å². The lowest BCUT2D eigenvalue weighted by Crippen LogP contribution is -2.38. The van der Waals surface area contributed by atoms with Gasteiger partial charge in [-0.25, -0.2) is 0 Å². The summed E-state index contributed by atoms with van der Waals surface area (Å²) in [5.41, 5.74) is 4.16. The van der Waals surface area contributed by atoms with E-state index in [2.05, 4.69) is 16.0 Å². The molecule has 3 aromatic rings. The van der Waals surface area contributed by atoms with E-state index in [9.17, 15) is 9.59 Å². The number of carbonyl (C=O) groups excluding carboxylic acids is 2. The molecule has 0 aliphatic rings. The maximum absolute atomic E-state index is 13.0. The summed E-state index contributed by atoms with van der Waals surface area (Å²) < 4.78 is 5.22. The summed E-state index contributed by atoms with van der Waals surface area (Å²) in [6.07, 6.45) is 0. The maximum atomic E-state index is 13.0. The molecule has 31 heavy (non-hydrogen) atoms. The third kappa shape index (κ3) is 5.93. The first kappa shape index (κ1) is 22.1. The van der Waals surface area contributed by atoms with Crippen LogP contribution in [-0.4, -0.2) is 25.5 Å². The zero-order valence-corrected chi connectivity index (χ0v) is 17.9. The Labute approximate surface area is 182 Å². The molecule has 0 heterocycles. The molecular weight excluding hydrogens is 390 g/mol. The third-order valence-electron chi connectivity index (χ3n) is 4.94. The first-order valence-electron chi connectivity index (χ1n) is 10.1. The molecule has 3 rings (SSSR count). The van der Waals surface area contributed by atoms with Crippen LogP contribution in [0.1, 0.15) is 22.7 Å². The van der Waals surface area contributed by atoms with Crippen molar-refractivity contribution in [3.8, 4) is 5.75 Å². The van der Waals surface area contributed by atoms with Crippen LogP contribution in [0.2, 0.25) is 0 Å². The summed E-state index contributed by atoms with van der Waals surface area (Å²) in [5, 5.41) is 8.92. The molecule has 0 spiro atoms. The van der Waals surface area contributed by atoms with E-state index in [0.29, 0.717) is 11.4 Å². The number of amides is 2. The second-order valence-electron chi connectivity index (χ2n) is 7.26. The average Bonchev–Trinajstić information content (AvgIpc) is 2.77. The first-order chi connectivity index (χ1) is 15.0. The van der Waals surface area contributed by atoms with Gasteiger partial charge in [0.15, 0.2) is 0 Å². The molecule has 0 bridgehead atoms. The van der Waals surface area contributed by atoms with Gasteiger partial charge in [-0.3, -0.25) is 14.9 Å². The molecule has 0 radical (unpaired) electrons. The fraction of sp³-hybridized carbons (Fsp3) is 0.200. The number of nitrogens with one attached hydrogen (secondary N) is 3. The number of methoxy groups -OCH3 is 1. The van der Waals surface area contributed by atoms with Crippen LogP contribution >= 0.6 is 0 Å². The van der Waals surface area contributed by atoms with E-state index in [1.165, 1.54) is 0 Å². The van der Waals surface area contributed by atoms with Gasteiger partial charge in [-0.15, -0.1) is 0 Å². The highest BCUT2D eigenvalue weighted by Gasteiger charge is 2.21. The van der Waals surface area contributed by atoms with Crippen molar-refractivity contribution in [1.82, 2.24) is 5.32 Å². The van der Waals surface area contributed by atoms with Crippen LogP contribution in [-0.2, 0) is 9.59 Å². The molecule has 160 valence electrons. The van der Waals surface area contributed by atoms with Gasteiger partial charge in [-0.05, 0) is 42.7 Å². The Balaban J connectivity index is 1.72. The number of aryl methyl sites for hydroxylation is 2. The van der Waals surface area contributed by atoms with Crippen LogP contribution in [0.25, 0.3) is 0 Å². The zero-order valence-electron chi connectivity index (χ0n) is 17.9. The minimum atomic E-state index is -0.698. The number of rotatable bonds is 8. The number of para-hydroxylation sites is 1. The lowest BCUT2D eigenvalue weighted by atomic mass is 10.1. The predicted octanol–water partition coefficient (Wildman–Crippen LogP) is 4.22. The molecule has 2 amide bonds. The van der Waals surface area contributed by atoms with Gasteiger partial charge in [0, 0.05) is 17.4 Å². The fourth-order valence-electron chi connectivity index (χ4n) is 3.31. The van der Waals surface area contributed by atoms with Gasteiger partial charge in [-0.1, -0.05) is 54.6 Å². The van der Waals surface area contributed by atoms with Crippen molar-refractivity contribution in [2.45, 2.75) is 19.9 Å². The highest BCUT2D eigenvalue weighted by molar-refractivity contribution is 5.97. The van der Waals surface area contributed by atoms with E-state index in [4.69, 9.17) is 4.74 Å². The van der Waals surface area contributed by atoms with E-state index < -0.39 is 6.04 Å². The SMILES string of the molecule is COc1cccc(NC(=O)[C@H](NCC(=O)Nc2c(C)cccc2C)c2ccccc2)c1. The van der Waals surface area contributed by atoms with Crippen LogP contribution in [0.15, 0.2) is 72.8 Å². The number of hydrogen-bond donors (Lipinski definition) is 3. The largest absolute Gasteiger partial charge is 0.497 e. The highest BCUT2D eigenvalue weighted by atomic mass is 16.5. The van der Waals surface area contributed by atoms with Crippen molar-refractivity contribution >= 4 is 23.2 Å². The monoisotopic (exact) mass is 417 g/mol. The number of benzene rings is 3. The Hall–Kier alpha value is -3.64. The Kier molecular flexibility index (Phi) is 7.40. The molecule has 0 aliphatic heterocycles. The number of carbonyl (C=O) groups is 2. The van der Waals surface area contributed by atoms with Crippen LogP contribution in [0.3, 0.4) is 0 Å². The molecule has 3 aromatic carbocycles. The van der Waals surface area contributed by atoms with Crippen LogP contribution in [0, 0.1) is 13.8 Å². The predicted molar refractivity (Wildman–Crippen MR) is 123 cm³/mol. The second kappa shape index (κ2) is 10.4. The summed E-state index contributed by atoms with van der Waals surface area (Å²) in [5.74, 6) is 0.168. The molecule has 0 unspecified atom stereocenters. The smallest absolute Gasteiger partial charge is 0.246 e. The molecule has 0 aliphatic carbocycles. The molecular formula is C25H27N3O3. The molecule has 6 nitrogen and oxygen atoms in total. The summed E-state index contributed by atoms with van der Waals surface area (Å²) in [6.45, 7) is 3.88. The quantitative estimate of drug-likeness (QED) is 0.513. The van der Waals surface area contributed by atoms with Crippen molar-refractivity contribution in [1.29, 1.82) is 0 Å². The second-order valence-corrected chi connectivity index (χ2v) is 7.26. The van der Waals surface area contributed by atoms with Gasteiger partial charge in [0.25, 0.3) is 0 Å². The minimum absolute atomic E-state index is 0.0150. The summed E-state index contributed by atoms with van der Waals surface area (Å²) in [7, 11) is 1.57. The number of anilines is 2. The fourth-order valence-corrected chi connectivity index (χ4v) is 3.31. The van der Waals surface area contributed by atoms with Gasteiger partial charge in [0.1, 0.15) is 11.8 Å². The summed E-state index contributed by atoms with van der Waals surface area (Å²) in [4.78, 5) is 25.6. The van der Waals surface area contributed by atoms with Crippen LogP contribution in [0.4, 0.5) is 11.4 Å². The first-order valence-corrected chi connectivity index (χ1v) is 10.1. The van der Waals surface area contributed by atoms with E-state index in [1.54, 1.807) is 31.4 Å². The minimum Gasteiger partial charge on any atom is -0.497 e. The Morgan fingerprint density at radius 1 is 0.871 bits per heavy atom. The Bertz CT molecular complexity index is 1030. The average molecular weight is 418 g/mol. The molecule has 0 saturated heterocycles. The molecule has 0 fully saturated rings. The van der Waals surface area contributed by atoms with Crippen molar-refractivity contribution in [3.05, 3.63) is 89.5 Å². The zero-order chi connectivity index (χ0) is 22.2. The normalized spacial score (nSPS) is 11.5. The van der Waals surface area contributed by atoms with E-state index in [0.717, 1.165) is 22.4 Å². The Morgan fingerprint density at radius 2 is 1.55 bits per heavy atom. The molecule has 3 N–H and O–H groups in total.